The van der Waals surface area contributed by atoms with Crippen LogP contribution in [0.4, 0.5) is 0 Å². The highest BCUT2D eigenvalue weighted by atomic mass is 32.2. The van der Waals surface area contributed by atoms with Gasteiger partial charge in [-0.25, -0.2) is 9.79 Å². The van der Waals surface area contributed by atoms with Gasteiger partial charge < -0.3 is 10.1 Å². The first-order chi connectivity index (χ1) is 10.1. The van der Waals surface area contributed by atoms with Crippen molar-refractivity contribution in [3.05, 3.63) is 47.2 Å². The van der Waals surface area contributed by atoms with Crippen LogP contribution >= 0.6 is 11.8 Å². The lowest BCUT2D eigenvalue weighted by Crippen LogP contribution is -2.25. The molecule has 1 aromatic carbocycles. The lowest BCUT2D eigenvalue weighted by Gasteiger charge is -2.21. The highest BCUT2D eigenvalue weighted by molar-refractivity contribution is 8.13. The SMILES string of the molecule is COC(=O)C1=CNC(SC)=NC1c1ccc(C(C)C)cc1. The van der Waals surface area contributed by atoms with E-state index in [0.29, 0.717) is 11.5 Å². The minimum Gasteiger partial charge on any atom is -0.466 e. The zero-order chi connectivity index (χ0) is 15.4. The Hall–Kier alpha value is -1.75. The number of carbonyl (C=O) groups excluding carboxylic acids is 1. The second kappa shape index (κ2) is 6.80. The van der Waals surface area contributed by atoms with Crippen LogP contribution in [-0.4, -0.2) is 24.5 Å². The Morgan fingerprint density at radius 1 is 1.33 bits per heavy atom. The van der Waals surface area contributed by atoms with Crippen LogP contribution in [0.25, 0.3) is 0 Å². The summed E-state index contributed by atoms with van der Waals surface area (Å²) in [6.07, 6.45) is 3.63. The fourth-order valence-electron chi connectivity index (χ4n) is 2.16. The number of esters is 1. The molecule has 1 atom stereocenters. The van der Waals surface area contributed by atoms with Gasteiger partial charge in [0.2, 0.25) is 0 Å². The van der Waals surface area contributed by atoms with Crippen molar-refractivity contribution in [3.8, 4) is 0 Å². The van der Waals surface area contributed by atoms with Crippen molar-refractivity contribution in [2.45, 2.75) is 25.8 Å². The Kier molecular flexibility index (Phi) is 5.07. The molecule has 4 nitrogen and oxygen atoms in total. The van der Waals surface area contributed by atoms with E-state index in [2.05, 4.69) is 36.3 Å². The van der Waals surface area contributed by atoms with Gasteiger partial charge >= 0.3 is 5.97 Å². The number of ether oxygens (including phenoxy) is 1. The lowest BCUT2D eigenvalue weighted by molar-refractivity contribution is -0.136. The summed E-state index contributed by atoms with van der Waals surface area (Å²) in [6.45, 7) is 4.31. The Bertz CT molecular complexity index is 576. The van der Waals surface area contributed by atoms with Crippen LogP contribution in [0.3, 0.4) is 0 Å². The molecule has 21 heavy (non-hydrogen) atoms. The monoisotopic (exact) mass is 304 g/mol. The molecular formula is C16H20N2O2S. The number of hydrogen-bond acceptors (Lipinski definition) is 5. The third-order valence-electron chi connectivity index (χ3n) is 3.43. The summed E-state index contributed by atoms with van der Waals surface area (Å²) in [7, 11) is 1.38. The van der Waals surface area contributed by atoms with Gasteiger partial charge in [0.1, 0.15) is 6.04 Å². The number of benzene rings is 1. The Morgan fingerprint density at radius 2 is 2.00 bits per heavy atom. The summed E-state index contributed by atoms with van der Waals surface area (Å²) < 4.78 is 4.85. The smallest absolute Gasteiger partial charge is 0.337 e. The predicted molar refractivity (Wildman–Crippen MR) is 87.5 cm³/mol. The van der Waals surface area contributed by atoms with Crippen molar-refractivity contribution in [1.82, 2.24) is 5.32 Å². The number of thioether (sulfide) groups is 1. The number of nitrogens with zero attached hydrogens (tertiary/aromatic N) is 1. The molecule has 0 radical (unpaired) electrons. The summed E-state index contributed by atoms with van der Waals surface area (Å²) >= 11 is 1.52. The number of methoxy groups -OCH3 is 1. The Balaban J connectivity index is 2.35. The van der Waals surface area contributed by atoms with Crippen molar-refractivity contribution in [2.24, 2.45) is 4.99 Å². The quantitative estimate of drug-likeness (QED) is 0.871. The molecule has 1 aliphatic heterocycles. The zero-order valence-electron chi connectivity index (χ0n) is 12.7. The van der Waals surface area contributed by atoms with E-state index in [-0.39, 0.29) is 12.0 Å². The van der Waals surface area contributed by atoms with Crippen LogP contribution in [0, 0.1) is 0 Å². The first kappa shape index (κ1) is 15.6. The third kappa shape index (κ3) is 3.47. The molecule has 1 aliphatic rings. The first-order valence-corrected chi connectivity index (χ1v) is 8.05. The standard InChI is InChI=1S/C16H20N2O2S/c1-10(2)11-5-7-12(8-6-11)14-13(15(19)20-3)9-17-16(18-14)21-4/h5-10,14H,1-4H3,(H,17,18). The Morgan fingerprint density at radius 3 is 2.52 bits per heavy atom. The third-order valence-corrected chi connectivity index (χ3v) is 4.04. The van der Waals surface area contributed by atoms with Crippen LogP contribution in [0.5, 0.6) is 0 Å². The number of nitrogens with one attached hydrogen (secondary N) is 1. The van der Waals surface area contributed by atoms with Gasteiger partial charge in [-0.2, -0.15) is 0 Å². The van der Waals surface area contributed by atoms with E-state index in [1.54, 1.807) is 6.20 Å². The number of rotatable bonds is 3. The predicted octanol–water partition coefficient (Wildman–Crippen LogP) is 3.23. The van der Waals surface area contributed by atoms with Gasteiger partial charge in [0.05, 0.1) is 12.7 Å². The van der Waals surface area contributed by atoms with Crippen molar-refractivity contribution < 1.29 is 9.53 Å². The van der Waals surface area contributed by atoms with E-state index in [1.165, 1.54) is 24.4 Å². The van der Waals surface area contributed by atoms with E-state index >= 15 is 0 Å². The second-order valence-electron chi connectivity index (χ2n) is 5.10. The fraction of sp³-hybridized carbons (Fsp3) is 0.375. The van der Waals surface area contributed by atoms with Gasteiger partial charge in [0.25, 0.3) is 0 Å². The molecule has 1 unspecified atom stereocenters. The summed E-state index contributed by atoms with van der Waals surface area (Å²) in [4.78, 5) is 16.5. The molecule has 0 aliphatic carbocycles. The van der Waals surface area contributed by atoms with Gasteiger partial charge in [-0.15, -0.1) is 0 Å². The van der Waals surface area contributed by atoms with Crippen LogP contribution in [0.1, 0.15) is 36.9 Å². The molecule has 0 saturated carbocycles. The van der Waals surface area contributed by atoms with Gasteiger partial charge in [-0.1, -0.05) is 49.9 Å². The molecule has 1 aromatic rings. The normalized spacial score (nSPS) is 17.9. The molecular weight excluding hydrogens is 284 g/mol. The summed E-state index contributed by atoms with van der Waals surface area (Å²) in [5.41, 5.74) is 2.78. The molecule has 1 N–H and O–H groups in total. The summed E-state index contributed by atoms with van der Waals surface area (Å²) in [6, 6.07) is 7.92. The number of carbonyl (C=O) groups is 1. The summed E-state index contributed by atoms with van der Waals surface area (Å²) in [5.74, 6) is 0.122. The van der Waals surface area contributed by atoms with Crippen LogP contribution in [0.15, 0.2) is 41.0 Å². The number of aliphatic imine (C=N–C) groups is 1. The maximum absolute atomic E-state index is 11.9. The second-order valence-corrected chi connectivity index (χ2v) is 5.89. The van der Waals surface area contributed by atoms with Crippen molar-refractivity contribution >= 4 is 22.9 Å². The molecule has 112 valence electrons. The first-order valence-electron chi connectivity index (χ1n) is 6.83. The van der Waals surface area contributed by atoms with E-state index in [0.717, 1.165) is 10.7 Å². The van der Waals surface area contributed by atoms with Gasteiger partial charge in [0.15, 0.2) is 5.17 Å². The van der Waals surface area contributed by atoms with E-state index in [1.807, 2.05) is 18.4 Å². The molecule has 0 bridgehead atoms. The van der Waals surface area contributed by atoms with Gasteiger partial charge in [-0.3, -0.25) is 0 Å². The van der Waals surface area contributed by atoms with Crippen LogP contribution in [-0.2, 0) is 9.53 Å². The molecule has 1 heterocycles. The topological polar surface area (TPSA) is 50.7 Å². The minimum atomic E-state index is -0.357. The number of hydrogen-bond donors (Lipinski definition) is 1. The summed E-state index contributed by atoms with van der Waals surface area (Å²) in [5, 5.41) is 3.81. The largest absolute Gasteiger partial charge is 0.466 e. The molecule has 0 aromatic heterocycles. The van der Waals surface area contributed by atoms with Crippen molar-refractivity contribution in [3.63, 3.8) is 0 Å². The highest BCUT2D eigenvalue weighted by Gasteiger charge is 2.26. The molecule has 5 heteroatoms. The molecule has 0 fully saturated rings. The van der Waals surface area contributed by atoms with Crippen molar-refractivity contribution in [2.75, 3.05) is 13.4 Å². The Labute approximate surface area is 129 Å². The van der Waals surface area contributed by atoms with Crippen LogP contribution < -0.4 is 5.32 Å². The van der Waals surface area contributed by atoms with E-state index in [9.17, 15) is 4.79 Å². The van der Waals surface area contributed by atoms with Gasteiger partial charge in [-0.05, 0) is 23.3 Å². The van der Waals surface area contributed by atoms with E-state index in [4.69, 9.17) is 4.74 Å². The lowest BCUT2D eigenvalue weighted by atomic mass is 9.95. The fourth-order valence-corrected chi connectivity index (χ4v) is 2.55. The van der Waals surface area contributed by atoms with Gasteiger partial charge in [0, 0.05) is 6.20 Å². The molecule has 2 rings (SSSR count). The minimum absolute atomic E-state index is 0.317. The average molecular weight is 304 g/mol. The molecule has 0 amide bonds. The molecule has 0 spiro atoms. The molecule has 0 saturated heterocycles. The van der Waals surface area contributed by atoms with Crippen LogP contribution in [0.2, 0.25) is 0 Å². The number of amidine groups is 1. The van der Waals surface area contributed by atoms with E-state index < -0.39 is 0 Å². The van der Waals surface area contributed by atoms with Crippen molar-refractivity contribution in [1.29, 1.82) is 0 Å². The maximum atomic E-state index is 11.9. The average Bonchev–Trinajstić information content (AvgIpc) is 2.53. The maximum Gasteiger partial charge on any atom is 0.337 e. The highest BCUT2D eigenvalue weighted by Crippen LogP contribution is 2.30. The zero-order valence-corrected chi connectivity index (χ0v) is 13.5.